The van der Waals surface area contributed by atoms with Crippen LogP contribution in [0.1, 0.15) is 36.7 Å². The summed E-state index contributed by atoms with van der Waals surface area (Å²) in [4.78, 5) is 16.5. The van der Waals surface area contributed by atoms with Gasteiger partial charge in [0.2, 0.25) is 0 Å². The van der Waals surface area contributed by atoms with Crippen LogP contribution in [0.25, 0.3) is 0 Å². The van der Waals surface area contributed by atoms with E-state index < -0.39 is 16.0 Å². The summed E-state index contributed by atoms with van der Waals surface area (Å²) in [5.74, 6) is -1.10. The van der Waals surface area contributed by atoms with Crippen molar-refractivity contribution in [1.29, 1.82) is 0 Å². The summed E-state index contributed by atoms with van der Waals surface area (Å²) < 4.78 is 28.4. The number of benzene rings is 3. The van der Waals surface area contributed by atoms with Crippen molar-refractivity contribution in [3.05, 3.63) is 83.9 Å². The Morgan fingerprint density at radius 2 is 1.46 bits per heavy atom. The molecular weight excluding hydrogens is 462 g/mol. The highest BCUT2D eigenvalue weighted by atomic mass is 32.2. The van der Waals surface area contributed by atoms with Crippen molar-refractivity contribution in [3.63, 3.8) is 0 Å². The number of sulfonamides is 1. The first-order valence-corrected chi connectivity index (χ1v) is 13.1. The minimum absolute atomic E-state index is 0.0708. The van der Waals surface area contributed by atoms with Crippen LogP contribution in [-0.2, 0) is 15.4 Å². The van der Waals surface area contributed by atoms with Crippen LogP contribution in [0.3, 0.4) is 0 Å². The number of hydrogen-bond acceptors (Lipinski definition) is 5. The van der Waals surface area contributed by atoms with Crippen LogP contribution in [0.15, 0.2) is 77.7 Å². The number of carbonyl (C=O) groups is 1. The topological polar surface area (TPSA) is 90.0 Å². The number of para-hydroxylation sites is 1. The number of carboxylic acids is 1. The number of rotatable bonds is 6. The second-order valence-corrected chi connectivity index (χ2v) is 11.4. The van der Waals surface area contributed by atoms with Gasteiger partial charge in [-0.3, -0.25) is 4.72 Å². The molecule has 0 bridgehead atoms. The second kappa shape index (κ2) is 9.62. The number of aromatic carboxylic acids is 1. The van der Waals surface area contributed by atoms with Gasteiger partial charge in [-0.25, -0.2) is 13.2 Å². The lowest BCUT2D eigenvalue weighted by Gasteiger charge is -2.38. The zero-order valence-corrected chi connectivity index (χ0v) is 21.0. The highest BCUT2D eigenvalue weighted by Gasteiger charge is 2.23. The molecule has 1 aliphatic heterocycles. The first-order chi connectivity index (χ1) is 16.5. The summed E-state index contributed by atoms with van der Waals surface area (Å²) in [7, 11) is -3.86. The van der Waals surface area contributed by atoms with Crippen LogP contribution in [-0.4, -0.2) is 45.7 Å². The van der Waals surface area contributed by atoms with E-state index in [4.69, 9.17) is 0 Å². The van der Waals surface area contributed by atoms with Crippen molar-refractivity contribution in [3.8, 4) is 0 Å². The molecule has 3 aromatic carbocycles. The Bertz CT molecular complexity index is 1290. The largest absolute Gasteiger partial charge is 0.478 e. The van der Waals surface area contributed by atoms with E-state index in [2.05, 4.69) is 42.5 Å². The van der Waals surface area contributed by atoms with Gasteiger partial charge in [0.1, 0.15) is 0 Å². The third-order valence-electron chi connectivity index (χ3n) is 6.25. The molecular formula is C27H31N3O4S. The molecule has 7 nitrogen and oxygen atoms in total. The van der Waals surface area contributed by atoms with Gasteiger partial charge in [0.05, 0.1) is 16.1 Å². The van der Waals surface area contributed by atoms with Gasteiger partial charge in [-0.1, -0.05) is 51.1 Å². The number of nitrogens with one attached hydrogen (secondary N) is 1. The summed E-state index contributed by atoms with van der Waals surface area (Å²) in [6.45, 7) is 9.05. The fourth-order valence-corrected chi connectivity index (χ4v) is 5.29. The molecule has 1 fully saturated rings. The SMILES string of the molecule is CC(C)(C)c1ccc(S(=O)(=O)Nc2ccc(N3CCN(c4ccccc4)CC3)c(C(=O)O)c2)cc1. The summed E-state index contributed by atoms with van der Waals surface area (Å²) in [5.41, 5.74) is 2.96. The molecule has 2 N–H and O–H groups in total. The van der Waals surface area contributed by atoms with Crippen molar-refractivity contribution < 1.29 is 18.3 Å². The Balaban J connectivity index is 1.51. The number of carboxylic acid groups (broad SMARTS) is 1. The second-order valence-electron chi connectivity index (χ2n) is 9.73. The van der Waals surface area contributed by atoms with Crippen molar-refractivity contribution in [2.24, 2.45) is 0 Å². The van der Waals surface area contributed by atoms with Gasteiger partial charge in [-0.2, -0.15) is 0 Å². The number of nitrogens with zero attached hydrogens (tertiary/aromatic N) is 2. The van der Waals surface area contributed by atoms with Crippen LogP contribution >= 0.6 is 0 Å². The zero-order chi connectivity index (χ0) is 25.2. The van der Waals surface area contributed by atoms with Gasteiger partial charge in [0, 0.05) is 37.6 Å². The highest BCUT2D eigenvalue weighted by Crippen LogP contribution is 2.29. The Kier molecular flexibility index (Phi) is 6.76. The van der Waals surface area contributed by atoms with E-state index >= 15 is 0 Å². The molecule has 1 aliphatic rings. The lowest BCUT2D eigenvalue weighted by molar-refractivity contribution is 0.0697. The van der Waals surface area contributed by atoms with Gasteiger partial charge in [-0.15, -0.1) is 0 Å². The van der Waals surface area contributed by atoms with E-state index in [1.165, 1.54) is 6.07 Å². The first-order valence-electron chi connectivity index (χ1n) is 11.6. The van der Waals surface area contributed by atoms with E-state index in [1.807, 2.05) is 23.1 Å². The highest BCUT2D eigenvalue weighted by molar-refractivity contribution is 7.92. The summed E-state index contributed by atoms with van der Waals surface area (Å²) in [6, 6.07) is 21.6. The van der Waals surface area contributed by atoms with Crippen LogP contribution < -0.4 is 14.5 Å². The van der Waals surface area contributed by atoms with Crippen molar-refractivity contribution in [2.75, 3.05) is 40.7 Å². The molecule has 0 atom stereocenters. The average Bonchev–Trinajstić information content (AvgIpc) is 2.84. The van der Waals surface area contributed by atoms with E-state index in [9.17, 15) is 18.3 Å². The fraction of sp³-hybridized carbons (Fsp3) is 0.296. The standard InChI is InChI=1S/C27H31N3O4S/c1-27(2,3)20-9-12-23(13-10-20)35(33,34)28-21-11-14-25(24(19-21)26(31)32)30-17-15-29(16-18-30)22-7-5-4-6-8-22/h4-14,19,28H,15-18H2,1-3H3,(H,31,32). The van der Waals surface area contributed by atoms with E-state index in [-0.39, 0.29) is 21.6 Å². The molecule has 35 heavy (non-hydrogen) atoms. The minimum atomic E-state index is -3.86. The number of anilines is 3. The normalized spacial score (nSPS) is 14.6. The predicted molar refractivity (Wildman–Crippen MR) is 140 cm³/mol. The maximum absolute atomic E-state index is 12.9. The Labute approximate surface area is 207 Å². The molecule has 0 amide bonds. The maximum atomic E-state index is 12.9. The average molecular weight is 494 g/mol. The Morgan fingerprint density at radius 1 is 0.857 bits per heavy atom. The molecule has 8 heteroatoms. The van der Waals surface area contributed by atoms with Gasteiger partial charge >= 0.3 is 5.97 Å². The first kappa shape index (κ1) is 24.6. The lowest BCUT2D eigenvalue weighted by atomic mass is 9.87. The third-order valence-corrected chi connectivity index (χ3v) is 7.65. The summed E-state index contributed by atoms with van der Waals surface area (Å²) in [6.07, 6.45) is 0. The zero-order valence-electron chi connectivity index (χ0n) is 20.2. The van der Waals surface area contributed by atoms with Crippen LogP contribution in [0.2, 0.25) is 0 Å². The van der Waals surface area contributed by atoms with Crippen molar-refractivity contribution in [2.45, 2.75) is 31.1 Å². The summed E-state index contributed by atoms with van der Waals surface area (Å²) in [5, 5.41) is 9.86. The predicted octanol–water partition coefficient (Wildman–Crippen LogP) is 4.81. The molecule has 3 aromatic rings. The smallest absolute Gasteiger partial charge is 0.337 e. The number of piperazine rings is 1. The monoisotopic (exact) mass is 493 g/mol. The van der Waals surface area contributed by atoms with E-state index in [0.29, 0.717) is 18.8 Å². The van der Waals surface area contributed by atoms with Crippen LogP contribution in [0.4, 0.5) is 17.1 Å². The molecule has 0 spiro atoms. The van der Waals surface area contributed by atoms with Crippen molar-refractivity contribution >= 4 is 33.1 Å². The third kappa shape index (κ3) is 5.59. The van der Waals surface area contributed by atoms with Crippen LogP contribution in [0, 0.1) is 0 Å². The number of hydrogen-bond donors (Lipinski definition) is 2. The molecule has 1 heterocycles. The van der Waals surface area contributed by atoms with Crippen molar-refractivity contribution in [1.82, 2.24) is 0 Å². The molecule has 1 saturated heterocycles. The molecule has 0 unspecified atom stereocenters. The fourth-order valence-electron chi connectivity index (χ4n) is 4.24. The maximum Gasteiger partial charge on any atom is 0.337 e. The summed E-state index contributed by atoms with van der Waals surface area (Å²) >= 11 is 0. The lowest BCUT2D eigenvalue weighted by Crippen LogP contribution is -2.47. The van der Waals surface area contributed by atoms with E-state index in [0.717, 1.165) is 24.3 Å². The van der Waals surface area contributed by atoms with Gasteiger partial charge in [0.15, 0.2) is 0 Å². The molecule has 0 aliphatic carbocycles. The quantitative estimate of drug-likeness (QED) is 0.512. The molecule has 4 rings (SSSR count). The Hall–Kier alpha value is -3.52. The molecule has 0 radical (unpaired) electrons. The van der Waals surface area contributed by atoms with E-state index in [1.54, 1.807) is 36.4 Å². The van der Waals surface area contributed by atoms with Crippen LogP contribution in [0.5, 0.6) is 0 Å². The van der Waals surface area contributed by atoms with Gasteiger partial charge in [0.25, 0.3) is 10.0 Å². The molecule has 0 saturated carbocycles. The Morgan fingerprint density at radius 3 is 2.03 bits per heavy atom. The van der Waals surface area contributed by atoms with Gasteiger partial charge < -0.3 is 14.9 Å². The minimum Gasteiger partial charge on any atom is -0.478 e. The van der Waals surface area contributed by atoms with Gasteiger partial charge in [-0.05, 0) is 53.4 Å². The molecule has 0 aromatic heterocycles. The molecule has 184 valence electrons.